The highest BCUT2D eigenvalue weighted by molar-refractivity contribution is 5.21. The van der Waals surface area contributed by atoms with Crippen molar-refractivity contribution in [3.05, 3.63) is 23.3 Å². The topological polar surface area (TPSA) is 37.8 Å². The van der Waals surface area contributed by atoms with Gasteiger partial charge in [0.25, 0.3) is 0 Å². The number of hydrogen-bond donors (Lipinski definition) is 1. The minimum Gasteiger partial charge on any atom is -0.314 e. The summed E-state index contributed by atoms with van der Waals surface area (Å²) >= 11 is 0. The van der Waals surface area contributed by atoms with Gasteiger partial charge in [-0.1, -0.05) is 27.7 Å². The summed E-state index contributed by atoms with van der Waals surface area (Å²) in [5, 5.41) is 3.54. The van der Waals surface area contributed by atoms with Crippen LogP contribution >= 0.6 is 0 Å². The molecule has 1 unspecified atom stereocenters. The summed E-state index contributed by atoms with van der Waals surface area (Å²) in [5.41, 5.74) is 2.67. The summed E-state index contributed by atoms with van der Waals surface area (Å²) in [6.07, 6.45) is 6.57. The first kappa shape index (κ1) is 14.4. The molecule has 106 valence electrons. The van der Waals surface area contributed by atoms with Crippen LogP contribution in [0, 0.1) is 11.8 Å². The molecule has 0 saturated carbocycles. The van der Waals surface area contributed by atoms with Gasteiger partial charge >= 0.3 is 0 Å². The number of aromatic nitrogens is 2. The van der Waals surface area contributed by atoms with Gasteiger partial charge in [-0.2, -0.15) is 0 Å². The van der Waals surface area contributed by atoms with Crippen molar-refractivity contribution < 1.29 is 0 Å². The van der Waals surface area contributed by atoms with Crippen molar-refractivity contribution in [1.29, 1.82) is 0 Å². The van der Waals surface area contributed by atoms with Crippen molar-refractivity contribution in [2.75, 3.05) is 6.54 Å². The maximum absolute atomic E-state index is 4.75. The SMILES string of the molecule is CC(C)Cc1ncc2c(n1)CCC(CNC(C)C)C2. The molecule has 19 heavy (non-hydrogen) atoms. The summed E-state index contributed by atoms with van der Waals surface area (Å²) in [5.74, 6) is 2.39. The van der Waals surface area contributed by atoms with Gasteiger partial charge in [0.1, 0.15) is 5.82 Å². The molecule has 2 rings (SSSR count). The lowest BCUT2D eigenvalue weighted by atomic mass is 9.87. The van der Waals surface area contributed by atoms with Crippen molar-refractivity contribution in [2.24, 2.45) is 11.8 Å². The predicted molar refractivity (Wildman–Crippen MR) is 79.2 cm³/mol. The van der Waals surface area contributed by atoms with Gasteiger partial charge < -0.3 is 5.32 Å². The van der Waals surface area contributed by atoms with Gasteiger partial charge in [0, 0.05) is 24.4 Å². The third-order valence-corrected chi connectivity index (χ3v) is 3.71. The number of aryl methyl sites for hydroxylation is 1. The molecule has 0 aliphatic heterocycles. The highest BCUT2D eigenvalue weighted by Gasteiger charge is 2.20. The van der Waals surface area contributed by atoms with Crippen LogP contribution in [0.2, 0.25) is 0 Å². The molecule has 0 amide bonds. The van der Waals surface area contributed by atoms with E-state index in [-0.39, 0.29) is 0 Å². The Kier molecular flexibility index (Phi) is 4.92. The molecule has 3 heteroatoms. The monoisotopic (exact) mass is 261 g/mol. The van der Waals surface area contributed by atoms with Crippen LogP contribution in [0.5, 0.6) is 0 Å². The number of nitrogens with one attached hydrogen (secondary N) is 1. The molecular formula is C16H27N3. The van der Waals surface area contributed by atoms with E-state index in [0.717, 1.165) is 37.5 Å². The number of rotatable bonds is 5. The van der Waals surface area contributed by atoms with Crippen molar-refractivity contribution in [1.82, 2.24) is 15.3 Å². The third kappa shape index (κ3) is 4.27. The molecule has 0 saturated heterocycles. The standard InChI is InChI=1S/C16H27N3/c1-11(2)7-16-18-10-14-8-13(9-17-12(3)4)5-6-15(14)19-16/h10-13,17H,5-9H2,1-4H3. The van der Waals surface area contributed by atoms with Gasteiger partial charge in [-0.05, 0) is 43.2 Å². The Morgan fingerprint density at radius 1 is 1.32 bits per heavy atom. The van der Waals surface area contributed by atoms with Crippen LogP contribution in [0.25, 0.3) is 0 Å². The Morgan fingerprint density at radius 2 is 2.11 bits per heavy atom. The van der Waals surface area contributed by atoms with Crippen LogP contribution in [-0.2, 0) is 19.3 Å². The Hall–Kier alpha value is -0.960. The number of nitrogens with zero attached hydrogens (tertiary/aromatic N) is 2. The number of fused-ring (bicyclic) bond motifs is 1. The second-order valence-electron chi connectivity index (χ2n) is 6.53. The predicted octanol–water partition coefficient (Wildman–Crippen LogP) is 2.78. The van der Waals surface area contributed by atoms with Gasteiger partial charge in [0.15, 0.2) is 0 Å². The molecular weight excluding hydrogens is 234 g/mol. The molecule has 1 aromatic heterocycles. The zero-order valence-corrected chi connectivity index (χ0v) is 12.7. The van der Waals surface area contributed by atoms with E-state index >= 15 is 0 Å². The minimum atomic E-state index is 0.575. The molecule has 1 aromatic rings. The van der Waals surface area contributed by atoms with Crippen LogP contribution in [0.3, 0.4) is 0 Å². The second-order valence-corrected chi connectivity index (χ2v) is 6.53. The summed E-state index contributed by atoms with van der Waals surface area (Å²) in [6, 6.07) is 0.575. The third-order valence-electron chi connectivity index (χ3n) is 3.71. The zero-order valence-electron chi connectivity index (χ0n) is 12.7. The molecule has 1 aliphatic carbocycles. The van der Waals surface area contributed by atoms with Crippen LogP contribution in [-0.4, -0.2) is 22.6 Å². The van der Waals surface area contributed by atoms with E-state index in [4.69, 9.17) is 4.98 Å². The van der Waals surface area contributed by atoms with E-state index in [0.29, 0.717) is 12.0 Å². The minimum absolute atomic E-state index is 0.575. The summed E-state index contributed by atoms with van der Waals surface area (Å²) in [7, 11) is 0. The first-order valence-corrected chi connectivity index (χ1v) is 7.61. The van der Waals surface area contributed by atoms with Gasteiger partial charge in [0.05, 0.1) is 0 Å². The fourth-order valence-electron chi connectivity index (χ4n) is 2.66. The normalized spacial score (nSPS) is 18.9. The van der Waals surface area contributed by atoms with Crippen LogP contribution in [0.15, 0.2) is 6.20 Å². The summed E-state index contributed by atoms with van der Waals surface area (Å²) in [6.45, 7) is 9.97. The van der Waals surface area contributed by atoms with Crippen molar-refractivity contribution in [2.45, 2.75) is 59.4 Å². The maximum Gasteiger partial charge on any atom is 0.128 e. The Morgan fingerprint density at radius 3 is 2.79 bits per heavy atom. The van der Waals surface area contributed by atoms with E-state index in [2.05, 4.69) is 44.2 Å². The summed E-state index contributed by atoms with van der Waals surface area (Å²) in [4.78, 5) is 9.28. The molecule has 0 spiro atoms. The largest absolute Gasteiger partial charge is 0.314 e. The fourth-order valence-corrected chi connectivity index (χ4v) is 2.66. The first-order chi connectivity index (χ1) is 9.04. The Bertz CT molecular complexity index is 412. The lowest BCUT2D eigenvalue weighted by molar-refractivity contribution is 0.401. The Labute approximate surface area is 117 Å². The molecule has 0 aromatic carbocycles. The molecule has 1 aliphatic rings. The van der Waals surface area contributed by atoms with Gasteiger partial charge in [-0.3, -0.25) is 0 Å². The quantitative estimate of drug-likeness (QED) is 0.885. The zero-order chi connectivity index (χ0) is 13.8. The van der Waals surface area contributed by atoms with Crippen LogP contribution in [0.1, 0.15) is 51.2 Å². The lowest BCUT2D eigenvalue weighted by Gasteiger charge is -2.25. The molecule has 0 fully saturated rings. The van der Waals surface area contributed by atoms with E-state index < -0.39 is 0 Å². The highest BCUT2D eigenvalue weighted by atomic mass is 14.9. The average molecular weight is 261 g/mol. The molecule has 0 radical (unpaired) electrons. The smallest absolute Gasteiger partial charge is 0.128 e. The van der Waals surface area contributed by atoms with Gasteiger partial charge in [0.2, 0.25) is 0 Å². The van der Waals surface area contributed by atoms with E-state index in [9.17, 15) is 0 Å². The Balaban J connectivity index is 1.98. The highest BCUT2D eigenvalue weighted by Crippen LogP contribution is 2.23. The average Bonchev–Trinajstić information content (AvgIpc) is 2.35. The molecule has 1 heterocycles. The summed E-state index contributed by atoms with van der Waals surface area (Å²) < 4.78 is 0. The molecule has 3 nitrogen and oxygen atoms in total. The van der Waals surface area contributed by atoms with E-state index in [1.807, 2.05) is 0 Å². The van der Waals surface area contributed by atoms with Crippen molar-refractivity contribution >= 4 is 0 Å². The maximum atomic E-state index is 4.75. The van der Waals surface area contributed by atoms with Gasteiger partial charge in [-0.25, -0.2) is 9.97 Å². The van der Waals surface area contributed by atoms with E-state index in [1.54, 1.807) is 0 Å². The van der Waals surface area contributed by atoms with Crippen LogP contribution in [0.4, 0.5) is 0 Å². The first-order valence-electron chi connectivity index (χ1n) is 7.61. The lowest BCUT2D eigenvalue weighted by Crippen LogP contribution is -2.32. The van der Waals surface area contributed by atoms with E-state index in [1.165, 1.54) is 17.7 Å². The van der Waals surface area contributed by atoms with Crippen molar-refractivity contribution in [3.63, 3.8) is 0 Å². The fraction of sp³-hybridized carbons (Fsp3) is 0.750. The molecule has 1 N–H and O–H groups in total. The van der Waals surface area contributed by atoms with Crippen molar-refractivity contribution in [3.8, 4) is 0 Å². The number of hydrogen-bond acceptors (Lipinski definition) is 3. The molecule has 1 atom stereocenters. The van der Waals surface area contributed by atoms with Crippen LogP contribution < -0.4 is 5.32 Å². The second kappa shape index (κ2) is 6.47. The van der Waals surface area contributed by atoms with Gasteiger partial charge in [-0.15, -0.1) is 0 Å². The molecule has 0 bridgehead atoms.